The van der Waals surface area contributed by atoms with E-state index in [9.17, 15) is 0 Å². The molecule has 0 nitrogen and oxygen atoms in total. The van der Waals surface area contributed by atoms with Crippen molar-refractivity contribution >= 4 is 27.5 Å². The van der Waals surface area contributed by atoms with Crippen LogP contribution in [0, 0.1) is 0 Å². The third kappa shape index (κ3) is 4.15. The summed E-state index contributed by atoms with van der Waals surface area (Å²) in [6.45, 7) is 2.20. The molecule has 1 rings (SSSR count). The lowest BCUT2D eigenvalue weighted by Gasteiger charge is -2.07. The number of hydrogen-bond donors (Lipinski definition) is 0. The fraction of sp³-hybridized carbons (Fsp3) is 0.455. The highest BCUT2D eigenvalue weighted by atomic mass is 79.9. The molecule has 1 unspecified atom stereocenters. The van der Waals surface area contributed by atoms with E-state index >= 15 is 0 Å². The summed E-state index contributed by atoms with van der Waals surface area (Å²) in [4.78, 5) is 0.596. The van der Waals surface area contributed by atoms with E-state index in [1.807, 2.05) is 12.1 Å². The van der Waals surface area contributed by atoms with E-state index in [4.69, 9.17) is 11.6 Å². The lowest BCUT2D eigenvalue weighted by atomic mass is 10.1. The van der Waals surface area contributed by atoms with Gasteiger partial charge in [0.05, 0.1) is 0 Å². The maximum atomic E-state index is 5.80. The van der Waals surface area contributed by atoms with Crippen molar-refractivity contribution in [2.24, 2.45) is 0 Å². The number of rotatable bonds is 4. The van der Waals surface area contributed by atoms with Crippen LogP contribution < -0.4 is 0 Å². The van der Waals surface area contributed by atoms with E-state index in [1.54, 1.807) is 0 Å². The van der Waals surface area contributed by atoms with Gasteiger partial charge in [-0.3, -0.25) is 0 Å². The maximum absolute atomic E-state index is 5.80. The Morgan fingerprint density at radius 3 is 2.46 bits per heavy atom. The standard InChI is InChI=1S/C11H14BrCl/c1-2-3-10(12)8-9-4-6-11(13)7-5-9/h4-7,10H,2-3,8H2,1H3. The molecule has 0 aliphatic carbocycles. The molecule has 0 heterocycles. The third-order valence-electron chi connectivity index (χ3n) is 1.97. The van der Waals surface area contributed by atoms with Crippen LogP contribution in [0.1, 0.15) is 25.3 Å². The summed E-state index contributed by atoms with van der Waals surface area (Å²) < 4.78 is 0. The number of benzene rings is 1. The quantitative estimate of drug-likeness (QED) is 0.703. The first-order valence-electron chi connectivity index (χ1n) is 4.61. The fourth-order valence-corrected chi connectivity index (χ4v) is 2.25. The van der Waals surface area contributed by atoms with Crippen LogP contribution in [-0.4, -0.2) is 4.83 Å². The largest absolute Gasteiger partial charge is 0.0887 e. The molecule has 0 spiro atoms. The van der Waals surface area contributed by atoms with Crippen LogP contribution in [0.15, 0.2) is 24.3 Å². The average molecular weight is 262 g/mol. The van der Waals surface area contributed by atoms with Gasteiger partial charge in [-0.25, -0.2) is 0 Å². The Hall–Kier alpha value is -0.0100. The zero-order chi connectivity index (χ0) is 9.68. The van der Waals surface area contributed by atoms with Crippen molar-refractivity contribution in [3.63, 3.8) is 0 Å². The molecule has 72 valence electrons. The Morgan fingerprint density at radius 1 is 1.31 bits per heavy atom. The van der Waals surface area contributed by atoms with Crippen molar-refractivity contribution < 1.29 is 0 Å². The number of hydrogen-bond acceptors (Lipinski definition) is 0. The molecule has 1 atom stereocenters. The molecule has 0 radical (unpaired) electrons. The molecule has 1 aromatic carbocycles. The molecule has 0 saturated carbocycles. The van der Waals surface area contributed by atoms with E-state index in [1.165, 1.54) is 18.4 Å². The topological polar surface area (TPSA) is 0 Å². The molecule has 0 aliphatic rings. The Kier molecular flexibility index (Phi) is 4.82. The number of alkyl halides is 1. The Bertz CT molecular complexity index is 243. The Morgan fingerprint density at radius 2 is 1.92 bits per heavy atom. The smallest absolute Gasteiger partial charge is 0.0406 e. The van der Waals surface area contributed by atoms with Gasteiger partial charge in [0.25, 0.3) is 0 Å². The van der Waals surface area contributed by atoms with E-state index in [2.05, 4.69) is 35.0 Å². The van der Waals surface area contributed by atoms with Gasteiger partial charge >= 0.3 is 0 Å². The zero-order valence-electron chi connectivity index (χ0n) is 7.76. The molecule has 0 amide bonds. The molecule has 2 heteroatoms. The Balaban J connectivity index is 2.49. The maximum Gasteiger partial charge on any atom is 0.0406 e. The molecular formula is C11H14BrCl. The zero-order valence-corrected chi connectivity index (χ0v) is 10.1. The van der Waals surface area contributed by atoms with Crippen molar-refractivity contribution in [2.45, 2.75) is 31.0 Å². The number of halogens is 2. The van der Waals surface area contributed by atoms with Gasteiger partial charge in [-0.05, 0) is 30.5 Å². The summed E-state index contributed by atoms with van der Waals surface area (Å²) >= 11 is 9.46. The van der Waals surface area contributed by atoms with E-state index in [0.717, 1.165) is 11.4 Å². The van der Waals surface area contributed by atoms with Crippen LogP contribution in [0.2, 0.25) is 5.02 Å². The summed E-state index contributed by atoms with van der Waals surface area (Å²) in [5, 5.41) is 0.811. The van der Waals surface area contributed by atoms with Crippen LogP contribution in [0.5, 0.6) is 0 Å². The van der Waals surface area contributed by atoms with Crippen molar-refractivity contribution in [1.82, 2.24) is 0 Å². The lowest BCUT2D eigenvalue weighted by Crippen LogP contribution is -2.01. The van der Waals surface area contributed by atoms with Gasteiger partial charge < -0.3 is 0 Å². The first-order chi connectivity index (χ1) is 6.22. The monoisotopic (exact) mass is 260 g/mol. The van der Waals surface area contributed by atoms with Gasteiger partial charge in [0, 0.05) is 9.85 Å². The van der Waals surface area contributed by atoms with Crippen LogP contribution in [0.25, 0.3) is 0 Å². The van der Waals surface area contributed by atoms with Crippen LogP contribution in [0.4, 0.5) is 0 Å². The van der Waals surface area contributed by atoms with Crippen molar-refractivity contribution in [1.29, 1.82) is 0 Å². The molecule has 13 heavy (non-hydrogen) atoms. The average Bonchev–Trinajstić information content (AvgIpc) is 2.09. The SMILES string of the molecule is CCCC(Br)Cc1ccc(Cl)cc1. The molecule has 0 fully saturated rings. The van der Waals surface area contributed by atoms with Crippen molar-refractivity contribution in [2.75, 3.05) is 0 Å². The highest BCUT2D eigenvalue weighted by molar-refractivity contribution is 9.09. The molecule has 0 saturated heterocycles. The second kappa shape index (κ2) is 5.66. The first-order valence-corrected chi connectivity index (χ1v) is 5.90. The molecule has 1 aromatic rings. The van der Waals surface area contributed by atoms with Gasteiger partial charge in [0.1, 0.15) is 0 Å². The molecule has 0 bridgehead atoms. The second-order valence-corrected chi connectivity index (χ2v) is 4.95. The van der Waals surface area contributed by atoms with Crippen LogP contribution >= 0.6 is 27.5 Å². The minimum Gasteiger partial charge on any atom is -0.0887 e. The summed E-state index contributed by atoms with van der Waals surface area (Å²) in [5.74, 6) is 0. The van der Waals surface area contributed by atoms with Gasteiger partial charge in [-0.2, -0.15) is 0 Å². The highest BCUT2D eigenvalue weighted by Crippen LogP contribution is 2.16. The second-order valence-electron chi connectivity index (χ2n) is 3.22. The molecule has 0 N–H and O–H groups in total. The minimum absolute atomic E-state index is 0.596. The van der Waals surface area contributed by atoms with Gasteiger partial charge in [0.15, 0.2) is 0 Å². The summed E-state index contributed by atoms with van der Waals surface area (Å²) in [7, 11) is 0. The van der Waals surface area contributed by atoms with Crippen molar-refractivity contribution in [3.05, 3.63) is 34.9 Å². The summed E-state index contributed by atoms with van der Waals surface area (Å²) in [6.07, 6.45) is 3.54. The molecular weight excluding hydrogens is 247 g/mol. The Labute approximate surface area is 93.4 Å². The summed E-state index contributed by atoms with van der Waals surface area (Å²) in [6, 6.07) is 8.07. The fourth-order valence-electron chi connectivity index (χ4n) is 1.29. The van der Waals surface area contributed by atoms with Crippen LogP contribution in [-0.2, 0) is 6.42 Å². The summed E-state index contributed by atoms with van der Waals surface area (Å²) in [5.41, 5.74) is 1.35. The van der Waals surface area contributed by atoms with Crippen molar-refractivity contribution in [3.8, 4) is 0 Å². The van der Waals surface area contributed by atoms with Crippen LogP contribution in [0.3, 0.4) is 0 Å². The lowest BCUT2D eigenvalue weighted by molar-refractivity contribution is 0.745. The highest BCUT2D eigenvalue weighted by Gasteiger charge is 2.03. The minimum atomic E-state index is 0.596. The third-order valence-corrected chi connectivity index (χ3v) is 3.01. The normalized spacial score (nSPS) is 12.8. The van der Waals surface area contributed by atoms with E-state index in [-0.39, 0.29) is 0 Å². The van der Waals surface area contributed by atoms with Gasteiger partial charge in [-0.15, -0.1) is 0 Å². The predicted octanol–water partition coefficient (Wildman–Crippen LogP) is 4.45. The van der Waals surface area contributed by atoms with Gasteiger partial charge in [-0.1, -0.05) is 53.0 Å². The molecule has 0 aromatic heterocycles. The molecule has 0 aliphatic heterocycles. The predicted molar refractivity (Wildman–Crippen MR) is 62.8 cm³/mol. The first kappa shape index (κ1) is 11.1. The van der Waals surface area contributed by atoms with E-state index in [0.29, 0.717) is 4.83 Å². The van der Waals surface area contributed by atoms with E-state index < -0.39 is 0 Å². The van der Waals surface area contributed by atoms with Gasteiger partial charge in [0.2, 0.25) is 0 Å².